The molecule has 0 bridgehead atoms. The molecule has 0 aliphatic carbocycles. The second kappa shape index (κ2) is 5.37. The molecule has 21 heavy (non-hydrogen) atoms. The van der Waals surface area contributed by atoms with Gasteiger partial charge in [0.05, 0.1) is 19.0 Å². The average Bonchev–Trinajstić information content (AvgIpc) is 2.72. The van der Waals surface area contributed by atoms with Crippen molar-refractivity contribution in [2.45, 2.75) is 12.5 Å². The van der Waals surface area contributed by atoms with Crippen molar-refractivity contribution in [1.29, 1.82) is 0 Å². The molecule has 2 fully saturated rings. The minimum Gasteiger partial charge on any atom is -0.338 e. The van der Waals surface area contributed by atoms with Crippen LogP contribution in [0.25, 0.3) is 0 Å². The lowest BCUT2D eigenvalue weighted by atomic mass is 10.0. The Bertz CT molecular complexity index is 580. The highest BCUT2D eigenvalue weighted by atomic mass is 35.5. The lowest BCUT2D eigenvalue weighted by Gasteiger charge is -2.42. The van der Waals surface area contributed by atoms with Crippen molar-refractivity contribution in [3.05, 3.63) is 34.9 Å². The van der Waals surface area contributed by atoms with Crippen LogP contribution in [0.1, 0.15) is 5.56 Å². The third-order valence-corrected chi connectivity index (χ3v) is 3.98. The van der Waals surface area contributed by atoms with Crippen molar-refractivity contribution in [3.8, 4) is 0 Å². The highest BCUT2D eigenvalue weighted by Gasteiger charge is 2.42. The topological polar surface area (TPSA) is 69.7 Å². The Morgan fingerprint density at radius 3 is 2.48 bits per heavy atom. The second-order valence-electron chi connectivity index (χ2n) is 5.18. The van der Waals surface area contributed by atoms with Crippen LogP contribution in [-0.4, -0.2) is 53.3 Å². The Kier molecular flexibility index (Phi) is 3.55. The van der Waals surface area contributed by atoms with Crippen LogP contribution in [0, 0.1) is 0 Å². The van der Waals surface area contributed by atoms with Crippen molar-refractivity contribution in [1.82, 2.24) is 15.1 Å². The minimum absolute atomic E-state index is 0.0133. The number of halogens is 1. The fourth-order valence-electron chi connectivity index (χ4n) is 2.52. The highest BCUT2D eigenvalue weighted by Crippen LogP contribution is 2.19. The molecular weight excluding hydrogens is 294 g/mol. The van der Waals surface area contributed by atoms with Crippen molar-refractivity contribution < 1.29 is 14.4 Å². The molecule has 0 atom stereocenters. The van der Waals surface area contributed by atoms with Gasteiger partial charge in [-0.2, -0.15) is 0 Å². The van der Waals surface area contributed by atoms with Gasteiger partial charge < -0.3 is 10.2 Å². The first-order valence-electron chi connectivity index (χ1n) is 6.66. The molecule has 110 valence electrons. The summed E-state index contributed by atoms with van der Waals surface area (Å²) in [4.78, 5) is 38.0. The standard InChI is InChI=1S/C14H14ClN3O3/c15-10-3-1-9(2-4-10)5-12(19)17-7-11(8-17)18-13(20)6-16-14(18)21/h1-4,11H,5-8H2,(H,16,21). The van der Waals surface area contributed by atoms with Crippen LogP contribution >= 0.6 is 11.6 Å². The SMILES string of the molecule is O=C(Cc1ccc(Cl)cc1)N1CC(N2C(=O)CNC2=O)C1. The molecule has 1 aromatic rings. The maximum atomic E-state index is 12.1. The van der Waals surface area contributed by atoms with Gasteiger partial charge in [0.15, 0.2) is 0 Å². The maximum Gasteiger partial charge on any atom is 0.324 e. The van der Waals surface area contributed by atoms with Gasteiger partial charge in [0.25, 0.3) is 0 Å². The van der Waals surface area contributed by atoms with Gasteiger partial charge in [0.1, 0.15) is 0 Å². The Morgan fingerprint density at radius 1 is 1.24 bits per heavy atom. The number of carbonyl (C=O) groups excluding carboxylic acids is 3. The number of carbonyl (C=O) groups is 3. The van der Waals surface area contributed by atoms with E-state index in [-0.39, 0.29) is 30.4 Å². The van der Waals surface area contributed by atoms with Crippen molar-refractivity contribution in [3.63, 3.8) is 0 Å². The van der Waals surface area contributed by atoms with Gasteiger partial charge in [0.2, 0.25) is 11.8 Å². The van der Waals surface area contributed by atoms with Crippen LogP contribution in [0.15, 0.2) is 24.3 Å². The number of imide groups is 1. The first kappa shape index (κ1) is 13.9. The van der Waals surface area contributed by atoms with E-state index in [1.165, 1.54) is 4.90 Å². The summed E-state index contributed by atoms with van der Waals surface area (Å²) < 4.78 is 0. The molecule has 4 amide bonds. The zero-order valence-corrected chi connectivity index (χ0v) is 12.0. The molecule has 0 radical (unpaired) electrons. The van der Waals surface area contributed by atoms with Gasteiger partial charge in [-0.25, -0.2) is 4.79 Å². The number of amides is 4. The molecular formula is C14H14ClN3O3. The molecule has 1 aromatic carbocycles. The van der Waals surface area contributed by atoms with Crippen LogP contribution in [-0.2, 0) is 16.0 Å². The van der Waals surface area contributed by atoms with Gasteiger partial charge in [-0.3, -0.25) is 14.5 Å². The summed E-state index contributed by atoms with van der Waals surface area (Å²) in [5.74, 6) is -0.240. The first-order valence-corrected chi connectivity index (χ1v) is 7.04. The van der Waals surface area contributed by atoms with Crippen molar-refractivity contribution in [2.24, 2.45) is 0 Å². The summed E-state index contributed by atoms with van der Waals surface area (Å²) in [6, 6.07) is 6.56. The van der Waals surface area contributed by atoms with Gasteiger partial charge in [0, 0.05) is 18.1 Å². The molecule has 2 saturated heterocycles. The van der Waals surface area contributed by atoms with Crippen LogP contribution in [0.2, 0.25) is 5.02 Å². The summed E-state index contributed by atoms with van der Waals surface area (Å²) >= 11 is 5.80. The minimum atomic E-state index is -0.366. The van der Waals surface area contributed by atoms with E-state index in [1.54, 1.807) is 17.0 Å². The molecule has 7 heteroatoms. The van der Waals surface area contributed by atoms with Gasteiger partial charge in [-0.15, -0.1) is 0 Å². The molecule has 2 aliphatic heterocycles. The second-order valence-corrected chi connectivity index (χ2v) is 5.61. The zero-order chi connectivity index (χ0) is 15.0. The molecule has 2 aliphatic rings. The molecule has 0 saturated carbocycles. The Hall–Kier alpha value is -2.08. The number of hydrogen-bond donors (Lipinski definition) is 1. The Balaban J connectivity index is 1.54. The largest absolute Gasteiger partial charge is 0.338 e. The molecule has 3 rings (SSSR count). The predicted molar refractivity (Wildman–Crippen MR) is 75.8 cm³/mol. The van der Waals surface area contributed by atoms with Crippen LogP contribution < -0.4 is 5.32 Å². The normalized spacial score (nSPS) is 18.7. The van der Waals surface area contributed by atoms with E-state index in [0.717, 1.165) is 5.56 Å². The number of hydrogen-bond acceptors (Lipinski definition) is 3. The van der Waals surface area contributed by atoms with Crippen molar-refractivity contribution in [2.75, 3.05) is 19.6 Å². The van der Waals surface area contributed by atoms with E-state index in [4.69, 9.17) is 11.6 Å². The summed E-state index contributed by atoms with van der Waals surface area (Å²) in [6.45, 7) is 0.866. The lowest BCUT2D eigenvalue weighted by molar-refractivity contribution is -0.141. The fourth-order valence-corrected chi connectivity index (χ4v) is 2.64. The predicted octanol–water partition coefficient (Wildman–Crippen LogP) is 0.645. The quantitative estimate of drug-likeness (QED) is 0.833. The van der Waals surface area contributed by atoms with Gasteiger partial charge >= 0.3 is 6.03 Å². The lowest BCUT2D eigenvalue weighted by Crippen LogP contribution is -2.62. The number of nitrogens with one attached hydrogen (secondary N) is 1. The molecule has 0 aromatic heterocycles. The van der Waals surface area contributed by atoms with E-state index in [9.17, 15) is 14.4 Å². The summed E-state index contributed by atoms with van der Waals surface area (Å²) in [5.41, 5.74) is 0.892. The van der Waals surface area contributed by atoms with Crippen molar-refractivity contribution >= 4 is 29.4 Å². The Morgan fingerprint density at radius 2 is 1.90 bits per heavy atom. The van der Waals surface area contributed by atoms with E-state index in [1.807, 2.05) is 12.1 Å². The smallest absolute Gasteiger partial charge is 0.324 e. The molecule has 1 N–H and O–H groups in total. The third-order valence-electron chi connectivity index (χ3n) is 3.73. The number of benzene rings is 1. The molecule has 0 unspecified atom stereocenters. The van der Waals surface area contributed by atoms with E-state index in [2.05, 4.69) is 5.32 Å². The summed E-state index contributed by atoms with van der Waals surface area (Å²) in [7, 11) is 0. The average molecular weight is 308 g/mol. The van der Waals surface area contributed by atoms with E-state index >= 15 is 0 Å². The van der Waals surface area contributed by atoms with Crippen LogP contribution in [0.3, 0.4) is 0 Å². The summed E-state index contributed by atoms with van der Waals surface area (Å²) in [6.07, 6.45) is 0.296. The third kappa shape index (κ3) is 2.71. The summed E-state index contributed by atoms with van der Waals surface area (Å²) in [5, 5.41) is 3.11. The molecule has 6 nitrogen and oxygen atoms in total. The number of rotatable bonds is 3. The number of likely N-dealkylation sites (tertiary alicyclic amines) is 1. The van der Waals surface area contributed by atoms with Crippen LogP contribution in [0.4, 0.5) is 4.79 Å². The zero-order valence-electron chi connectivity index (χ0n) is 11.2. The monoisotopic (exact) mass is 307 g/mol. The molecule has 2 heterocycles. The number of urea groups is 1. The van der Waals surface area contributed by atoms with Gasteiger partial charge in [-0.05, 0) is 17.7 Å². The van der Waals surface area contributed by atoms with E-state index < -0.39 is 0 Å². The maximum absolute atomic E-state index is 12.1. The number of nitrogens with zero attached hydrogens (tertiary/aromatic N) is 2. The fraction of sp³-hybridized carbons (Fsp3) is 0.357. The van der Waals surface area contributed by atoms with E-state index in [0.29, 0.717) is 24.5 Å². The van der Waals surface area contributed by atoms with Gasteiger partial charge in [-0.1, -0.05) is 23.7 Å². The Labute approximate surface area is 126 Å². The highest BCUT2D eigenvalue weighted by molar-refractivity contribution is 6.30. The first-order chi connectivity index (χ1) is 10.0. The molecule has 0 spiro atoms. The van der Waals surface area contributed by atoms with Crippen LogP contribution in [0.5, 0.6) is 0 Å².